The molecule has 0 amide bonds. The number of allylic oxidation sites excluding steroid dienone is 8. The molecule has 0 radical (unpaired) electrons. The van der Waals surface area contributed by atoms with Crippen LogP contribution in [-0.4, -0.2) is 11.3 Å². The fourth-order valence-electron chi connectivity index (χ4n) is 11.2. The maximum atomic E-state index is 2.72. The molecule has 4 aromatic rings. The Morgan fingerprint density at radius 3 is 1.30 bits per heavy atom. The molecule has 0 fully saturated rings. The average molecular weight is 931 g/mol. The number of hydrogen-bond donors (Lipinski definition) is 0. The van der Waals surface area contributed by atoms with E-state index in [-0.39, 0.29) is 46.5 Å². The molecule has 4 aliphatic rings. The first-order valence-corrected chi connectivity index (χ1v) is 29.3. The minimum Gasteiger partial charge on any atom is -1.00 e. The van der Waals surface area contributed by atoms with Gasteiger partial charge in [-0.15, -0.1) is 0 Å². The number of rotatable bonds is 5. The summed E-state index contributed by atoms with van der Waals surface area (Å²) in [4.78, 5) is 0. The van der Waals surface area contributed by atoms with Crippen molar-refractivity contribution in [3.05, 3.63) is 161 Å². The van der Waals surface area contributed by atoms with Crippen LogP contribution in [0.2, 0.25) is 19.6 Å². The van der Waals surface area contributed by atoms with Gasteiger partial charge in [0.2, 0.25) is 0 Å². The molecule has 0 nitrogen and oxygen atoms in total. The van der Waals surface area contributed by atoms with Crippen LogP contribution in [0.15, 0.2) is 105 Å². The predicted molar refractivity (Wildman–Crippen MR) is 254 cm³/mol. The van der Waals surface area contributed by atoms with Gasteiger partial charge in [-0.05, 0) is 0 Å². The van der Waals surface area contributed by atoms with Gasteiger partial charge in [-0.3, -0.25) is 0 Å². The van der Waals surface area contributed by atoms with Crippen molar-refractivity contribution in [2.24, 2.45) is 5.92 Å². The normalized spacial score (nSPS) is 18.6. The average Bonchev–Trinajstić information content (AvgIpc) is 3.75. The molecule has 1 atom stereocenters. The Labute approximate surface area is 385 Å². The minimum absolute atomic E-state index is 0. The van der Waals surface area contributed by atoms with Gasteiger partial charge in [-0.25, -0.2) is 0 Å². The van der Waals surface area contributed by atoms with Crippen molar-refractivity contribution in [3.63, 3.8) is 0 Å². The van der Waals surface area contributed by atoms with Gasteiger partial charge in [0.05, 0.1) is 0 Å². The fraction of sp³-hybridized carbons (Fsp3) is 0.411. The third kappa shape index (κ3) is 7.75. The first-order chi connectivity index (χ1) is 26.8. The number of hydrogen-bond acceptors (Lipinski definition) is 0. The second kappa shape index (κ2) is 15.6. The maximum absolute atomic E-state index is 3.11. The molecule has 1 unspecified atom stereocenters. The van der Waals surface area contributed by atoms with Gasteiger partial charge in [0, 0.05) is 0 Å². The summed E-state index contributed by atoms with van der Waals surface area (Å²) in [5.41, 5.74) is 22.3. The zero-order valence-electron chi connectivity index (χ0n) is 39.6. The molecule has 4 aromatic carbocycles. The van der Waals surface area contributed by atoms with Crippen LogP contribution in [0.3, 0.4) is 0 Å². The van der Waals surface area contributed by atoms with E-state index < -0.39 is 29.3 Å². The molecule has 60 heavy (non-hydrogen) atoms. The summed E-state index contributed by atoms with van der Waals surface area (Å²) in [7, 11) is -1.62. The van der Waals surface area contributed by atoms with Crippen LogP contribution in [0.5, 0.6) is 0 Å². The van der Waals surface area contributed by atoms with Gasteiger partial charge < -0.3 is 24.8 Å². The largest absolute Gasteiger partial charge is 1.00 e. The summed E-state index contributed by atoms with van der Waals surface area (Å²) in [6.07, 6.45) is 7.75. The van der Waals surface area contributed by atoms with Gasteiger partial charge in [-0.2, -0.15) is 0 Å². The summed E-state index contributed by atoms with van der Waals surface area (Å²) in [5.74, 6) is 0.422. The molecule has 8 rings (SSSR count). The molecule has 0 N–H and O–H groups in total. The van der Waals surface area contributed by atoms with E-state index in [0.29, 0.717) is 9.54 Å². The Bertz CT molecular complexity index is 2420. The predicted octanol–water partition coefficient (Wildman–Crippen LogP) is 9.36. The van der Waals surface area contributed by atoms with Crippen molar-refractivity contribution >= 4 is 22.4 Å². The van der Waals surface area contributed by atoms with Crippen molar-refractivity contribution in [1.82, 2.24) is 0 Å². The molecule has 4 heteroatoms. The second-order valence-corrected chi connectivity index (χ2v) is 33.6. The van der Waals surface area contributed by atoms with Crippen LogP contribution in [0.1, 0.15) is 156 Å². The SMILES string of the molecule is CC1=CC(C)(C)c2cc3c(cc21)-c1cc2c(cc1[CH]3[Zr+2]([C]1=C(C)C([Si](C)(C)C)=CC1C)=[C](c1ccc(C(C)(C)C)cc1)c1ccc(C(C)(C)C)cc1)C(C)(C)C=C2C.[Cl-].[Cl-]. The van der Waals surface area contributed by atoms with E-state index >= 15 is 0 Å². The van der Waals surface area contributed by atoms with Crippen LogP contribution in [0.4, 0.5) is 0 Å². The molecule has 0 saturated carbocycles. The van der Waals surface area contributed by atoms with E-state index in [0.717, 1.165) is 0 Å². The third-order valence-corrected chi connectivity index (χ3v) is 25.4. The van der Waals surface area contributed by atoms with Crippen LogP contribution in [0, 0.1) is 5.92 Å². The van der Waals surface area contributed by atoms with Crippen molar-refractivity contribution < 1.29 is 46.1 Å². The standard InChI is InChI=1S/C25H25.C21H26.C10H17Si.2ClH.Zr/c1-14-12-24(3,4)22-8-16-7-17-9-23-19(15(2)13-25(23,5)6)11-21(17)20(16)10-18(14)22;1-20(2,3)18-11-7-16(8-12-18)15-17-9-13-19(14-10-17)21(4,5)6;1-8-6-9(2)10(7-8)11(3,4)5;;;/h7-13H,1-6H3;7-14H,1-6H3;7-8H,1-5H3;2*1H;/q;;;;;+2/p-2. The molecule has 0 spiro atoms. The van der Waals surface area contributed by atoms with Gasteiger partial charge in [0.15, 0.2) is 0 Å². The first-order valence-electron chi connectivity index (χ1n) is 22.0. The first kappa shape index (κ1) is 46.9. The van der Waals surface area contributed by atoms with E-state index in [2.05, 4.69) is 208 Å². The van der Waals surface area contributed by atoms with Crippen molar-refractivity contribution in [2.75, 3.05) is 0 Å². The zero-order valence-corrected chi connectivity index (χ0v) is 44.5. The second-order valence-electron chi connectivity index (χ2n) is 22.6. The topological polar surface area (TPSA) is 0 Å². The molecular weight excluding hydrogens is 863 g/mol. The number of halogens is 2. The Morgan fingerprint density at radius 1 is 0.583 bits per heavy atom. The van der Waals surface area contributed by atoms with E-state index in [1.54, 1.807) is 28.4 Å². The summed E-state index contributed by atoms with van der Waals surface area (Å²) in [5, 5.41) is 1.68. The van der Waals surface area contributed by atoms with Gasteiger partial charge in [0.25, 0.3) is 0 Å². The van der Waals surface area contributed by atoms with Gasteiger partial charge >= 0.3 is 363 Å². The molecule has 0 saturated heterocycles. The quantitative estimate of drug-likeness (QED) is 0.175. The van der Waals surface area contributed by atoms with E-state index in [4.69, 9.17) is 0 Å². The Hall–Kier alpha value is -2.61. The molecule has 0 heterocycles. The maximum Gasteiger partial charge on any atom is -1.00 e. The van der Waals surface area contributed by atoms with E-state index in [1.165, 1.54) is 66.8 Å². The molecule has 0 bridgehead atoms. The molecule has 0 aliphatic heterocycles. The van der Waals surface area contributed by atoms with Crippen LogP contribution in [0.25, 0.3) is 22.3 Å². The number of benzene rings is 4. The van der Waals surface area contributed by atoms with Gasteiger partial charge in [-0.1, -0.05) is 0 Å². The van der Waals surface area contributed by atoms with Crippen LogP contribution < -0.4 is 24.8 Å². The van der Waals surface area contributed by atoms with Crippen molar-refractivity contribution in [1.29, 1.82) is 0 Å². The molecule has 4 aliphatic carbocycles. The third-order valence-electron chi connectivity index (χ3n) is 14.1. The minimum atomic E-state index is -3.11. The van der Waals surface area contributed by atoms with Gasteiger partial charge in [0.1, 0.15) is 0 Å². The zero-order chi connectivity index (χ0) is 42.2. The summed E-state index contributed by atoms with van der Waals surface area (Å²) >= 11 is -3.11. The Morgan fingerprint density at radius 2 is 0.967 bits per heavy atom. The summed E-state index contributed by atoms with van der Waals surface area (Å²) in [6, 6.07) is 30.5. The van der Waals surface area contributed by atoms with Crippen molar-refractivity contribution in [3.8, 4) is 11.1 Å². The summed E-state index contributed by atoms with van der Waals surface area (Å²) in [6.45, 7) is 41.2. The van der Waals surface area contributed by atoms with Crippen LogP contribution in [-0.2, 0) is 42.9 Å². The summed E-state index contributed by atoms with van der Waals surface area (Å²) < 4.78 is 3.81. The Kier molecular flexibility index (Phi) is 12.2. The Balaban J connectivity index is 0.00000302. The van der Waals surface area contributed by atoms with E-state index in [1.807, 2.05) is 0 Å². The smallest absolute Gasteiger partial charge is 1.00 e. The molecule has 0 aromatic heterocycles. The number of fused-ring (bicyclic) bond motifs is 5. The molecule has 314 valence electrons. The fourth-order valence-corrected chi connectivity index (χ4v) is 23.4. The molecular formula is C56H68Cl2SiZr. The van der Waals surface area contributed by atoms with Crippen molar-refractivity contribution in [2.45, 2.75) is 142 Å². The van der Waals surface area contributed by atoms with Crippen LogP contribution >= 0.6 is 0 Å². The van der Waals surface area contributed by atoms with E-state index in [9.17, 15) is 0 Å². The monoisotopic (exact) mass is 928 g/mol.